The molecule has 2 N–H and O–H groups in total. The van der Waals surface area contributed by atoms with Crippen molar-refractivity contribution >= 4 is 21.6 Å². The van der Waals surface area contributed by atoms with E-state index in [4.69, 9.17) is 15.2 Å². The fourth-order valence-electron chi connectivity index (χ4n) is 1.89. The number of ether oxygens (including phenoxy) is 2. The number of pyridine rings is 1. The number of anilines is 1. The average molecular weight is 351 g/mol. The third kappa shape index (κ3) is 3.88. The Bertz CT molecular complexity index is 621. The van der Waals surface area contributed by atoms with Crippen LogP contribution in [0, 0.1) is 13.8 Å². The van der Waals surface area contributed by atoms with Gasteiger partial charge in [-0.2, -0.15) is 4.98 Å². The Balaban J connectivity index is 2.23. The average Bonchev–Trinajstić information content (AvgIpc) is 2.45. The summed E-state index contributed by atoms with van der Waals surface area (Å²) in [7, 11) is 0. The van der Waals surface area contributed by atoms with Gasteiger partial charge in [0, 0.05) is 10.5 Å². The van der Waals surface area contributed by atoms with Gasteiger partial charge >= 0.3 is 0 Å². The fraction of sp³-hybridized carbons (Fsp3) is 0.312. The van der Waals surface area contributed by atoms with E-state index in [2.05, 4.69) is 20.9 Å². The van der Waals surface area contributed by atoms with Gasteiger partial charge in [-0.25, -0.2) is 0 Å². The van der Waals surface area contributed by atoms with Crippen molar-refractivity contribution < 1.29 is 9.47 Å². The second kappa shape index (κ2) is 6.80. The first kappa shape index (κ1) is 15.6. The molecule has 0 fully saturated rings. The van der Waals surface area contributed by atoms with Crippen LogP contribution in [0.5, 0.6) is 17.5 Å². The molecule has 0 saturated heterocycles. The first-order valence-electron chi connectivity index (χ1n) is 6.85. The zero-order valence-corrected chi connectivity index (χ0v) is 14.0. The highest BCUT2D eigenvalue weighted by Gasteiger charge is 2.08. The number of nitrogens with two attached hydrogens (primary N) is 1. The van der Waals surface area contributed by atoms with E-state index in [0.717, 1.165) is 27.8 Å². The van der Waals surface area contributed by atoms with Gasteiger partial charge in [0.2, 0.25) is 11.8 Å². The van der Waals surface area contributed by atoms with Crippen LogP contribution in [0.4, 0.5) is 5.69 Å². The minimum atomic E-state index is 0.417. The minimum absolute atomic E-state index is 0.417. The number of benzene rings is 1. The summed E-state index contributed by atoms with van der Waals surface area (Å²) in [5, 5.41) is 0. The molecule has 21 heavy (non-hydrogen) atoms. The maximum absolute atomic E-state index is 5.84. The van der Waals surface area contributed by atoms with E-state index in [1.807, 2.05) is 32.9 Å². The minimum Gasteiger partial charge on any atom is -0.476 e. The van der Waals surface area contributed by atoms with E-state index in [0.29, 0.717) is 24.1 Å². The molecule has 0 bridgehead atoms. The van der Waals surface area contributed by atoms with E-state index in [-0.39, 0.29) is 0 Å². The smallest absolute Gasteiger partial charge is 0.240 e. The third-order valence-corrected chi connectivity index (χ3v) is 4.19. The van der Waals surface area contributed by atoms with Gasteiger partial charge in [-0.1, -0.05) is 22.9 Å². The lowest BCUT2D eigenvalue weighted by Gasteiger charge is -2.11. The second-order valence-electron chi connectivity index (χ2n) is 4.87. The summed E-state index contributed by atoms with van der Waals surface area (Å²) in [6, 6.07) is 7.40. The Hall–Kier alpha value is -1.75. The SMILES string of the molecule is CCCOc1nc(Oc2cc(C)c(Br)c(C)c2)ccc1N. The number of nitrogen functional groups attached to an aromatic ring is 1. The lowest BCUT2D eigenvalue weighted by atomic mass is 10.1. The molecule has 0 aliphatic heterocycles. The van der Waals surface area contributed by atoms with Crippen molar-refractivity contribution in [3.05, 3.63) is 39.9 Å². The highest BCUT2D eigenvalue weighted by molar-refractivity contribution is 9.10. The largest absolute Gasteiger partial charge is 0.476 e. The summed E-state index contributed by atoms with van der Waals surface area (Å²) in [5.74, 6) is 1.63. The molecule has 1 aromatic heterocycles. The van der Waals surface area contributed by atoms with Crippen LogP contribution in [-0.4, -0.2) is 11.6 Å². The summed E-state index contributed by atoms with van der Waals surface area (Å²) in [5.41, 5.74) is 8.58. The summed E-state index contributed by atoms with van der Waals surface area (Å²) in [6.07, 6.45) is 0.900. The van der Waals surface area contributed by atoms with Gasteiger partial charge in [-0.05, 0) is 49.6 Å². The first-order chi connectivity index (χ1) is 10.0. The van der Waals surface area contributed by atoms with Gasteiger partial charge in [0.1, 0.15) is 5.75 Å². The molecule has 2 rings (SSSR count). The maximum Gasteiger partial charge on any atom is 0.240 e. The van der Waals surface area contributed by atoms with Crippen LogP contribution in [0.25, 0.3) is 0 Å². The van der Waals surface area contributed by atoms with Crippen molar-refractivity contribution in [1.29, 1.82) is 0 Å². The number of halogens is 1. The molecule has 0 spiro atoms. The van der Waals surface area contributed by atoms with Crippen molar-refractivity contribution in [2.24, 2.45) is 0 Å². The zero-order valence-electron chi connectivity index (χ0n) is 12.4. The molecule has 0 amide bonds. The van der Waals surface area contributed by atoms with Gasteiger partial charge in [0.25, 0.3) is 0 Å². The van der Waals surface area contributed by atoms with Gasteiger partial charge in [-0.15, -0.1) is 0 Å². The highest BCUT2D eigenvalue weighted by Crippen LogP contribution is 2.30. The van der Waals surface area contributed by atoms with Gasteiger partial charge < -0.3 is 15.2 Å². The number of aryl methyl sites for hydroxylation is 2. The molecule has 1 heterocycles. The van der Waals surface area contributed by atoms with Crippen molar-refractivity contribution in [2.45, 2.75) is 27.2 Å². The van der Waals surface area contributed by atoms with Crippen LogP contribution < -0.4 is 15.2 Å². The molecule has 1 aromatic carbocycles. The molecular formula is C16H19BrN2O2. The van der Waals surface area contributed by atoms with Crippen molar-refractivity contribution in [3.63, 3.8) is 0 Å². The molecule has 4 nitrogen and oxygen atoms in total. The molecule has 5 heteroatoms. The van der Waals surface area contributed by atoms with E-state index in [9.17, 15) is 0 Å². The summed E-state index contributed by atoms with van der Waals surface area (Å²) >= 11 is 3.54. The Labute approximate surface area is 133 Å². The number of nitrogens with zero attached hydrogens (tertiary/aromatic N) is 1. The predicted molar refractivity (Wildman–Crippen MR) is 88.1 cm³/mol. The Morgan fingerprint density at radius 1 is 1.19 bits per heavy atom. The first-order valence-corrected chi connectivity index (χ1v) is 7.64. The lowest BCUT2D eigenvalue weighted by Crippen LogP contribution is -2.02. The highest BCUT2D eigenvalue weighted by atomic mass is 79.9. The number of rotatable bonds is 5. The molecule has 0 radical (unpaired) electrons. The summed E-state index contributed by atoms with van der Waals surface area (Å²) in [4.78, 5) is 4.31. The lowest BCUT2D eigenvalue weighted by molar-refractivity contribution is 0.302. The van der Waals surface area contributed by atoms with Crippen LogP contribution in [-0.2, 0) is 0 Å². The predicted octanol–water partition coefficient (Wildman–Crippen LogP) is 4.62. The van der Waals surface area contributed by atoms with Gasteiger partial charge in [0.05, 0.1) is 12.3 Å². The Kier molecular flexibility index (Phi) is 5.07. The van der Waals surface area contributed by atoms with Crippen LogP contribution >= 0.6 is 15.9 Å². The summed E-state index contributed by atoms with van der Waals surface area (Å²) in [6.45, 7) is 6.66. The molecule has 0 atom stereocenters. The second-order valence-corrected chi connectivity index (χ2v) is 5.66. The fourth-order valence-corrected chi connectivity index (χ4v) is 2.12. The van der Waals surface area contributed by atoms with E-state index < -0.39 is 0 Å². The third-order valence-electron chi connectivity index (χ3n) is 2.94. The van der Waals surface area contributed by atoms with Crippen LogP contribution in [0.3, 0.4) is 0 Å². The van der Waals surface area contributed by atoms with Crippen molar-refractivity contribution in [1.82, 2.24) is 4.98 Å². The molecule has 0 unspecified atom stereocenters. The number of hydrogen-bond donors (Lipinski definition) is 1. The van der Waals surface area contributed by atoms with Crippen molar-refractivity contribution in [2.75, 3.05) is 12.3 Å². The van der Waals surface area contributed by atoms with Gasteiger partial charge in [-0.3, -0.25) is 0 Å². The number of aromatic nitrogens is 1. The summed E-state index contributed by atoms with van der Waals surface area (Å²) < 4.78 is 12.4. The standard InChI is InChI=1S/C16H19BrN2O2/c1-4-7-20-16-13(18)5-6-14(19-16)21-12-8-10(2)15(17)11(3)9-12/h5-6,8-9H,4,7,18H2,1-3H3. The Morgan fingerprint density at radius 3 is 2.48 bits per heavy atom. The monoisotopic (exact) mass is 350 g/mol. The van der Waals surface area contributed by atoms with E-state index in [1.54, 1.807) is 12.1 Å². The maximum atomic E-state index is 5.84. The quantitative estimate of drug-likeness (QED) is 0.854. The van der Waals surface area contributed by atoms with Crippen LogP contribution in [0.15, 0.2) is 28.7 Å². The van der Waals surface area contributed by atoms with Crippen LogP contribution in [0.2, 0.25) is 0 Å². The Morgan fingerprint density at radius 2 is 1.86 bits per heavy atom. The molecule has 2 aromatic rings. The van der Waals surface area contributed by atoms with E-state index in [1.165, 1.54) is 0 Å². The molecule has 0 aliphatic rings. The number of hydrogen-bond acceptors (Lipinski definition) is 4. The molecule has 0 saturated carbocycles. The molecule has 0 aliphatic carbocycles. The van der Waals surface area contributed by atoms with E-state index >= 15 is 0 Å². The van der Waals surface area contributed by atoms with Gasteiger partial charge in [0.15, 0.2) is 0 Å². The normalized spacial score (nSPS) is 10.5. The topological polar surface area (TPSA) is 57.4 Å². The van der Waals surface area contributed by atoms with Crippen LogP contribution in [0.1, 0.15) is 24.5 Å². The zero-order chi connectivity index (χ0) is 15.4. The van der Waals surface area contributed by atoms with Crippen molar-refractivity contribution in [3.8, 4) is 17.5 Å². The molecular weight excluding hydrogens is 332 g/mol. The molecule has 112 valence electrons.